The van der Waals surface area contributed by atoms with Gasteiger partial charge in [0.05, 0.1) is 16.9 Å². The summed E-state index contributed by atoms with van der Waals surface area (Å²) >= 11 is 7.12. The van der Waals surface area contributed by atoms with Crippen LogP contribution in [0.4, 0.5) is 5.69 Å². The molecule has 9 nitrogen and oxygen atoms in total. The normalized spacial score (nSPS) is 12.2. The summed E-state index contributed by atoms with van der Waals surface area (Å²) in [4.78, 5) is 51.5. The molecular weight excluding hydrogens is 482 g/mol. The van der Waals surface area contributed by atoms with E-state index in [0.717, 1.165) is 4.57 Å². The Hall–Kier alpha value is -3.89. The average Bonchev–Trinajstić information content (AvgIpc) is 3.47. The van der Waals surface area contributed by atoms with Gasteiger partial charge in [0.1, 0.15) is 11.2 Å². The SMILES string of the molecule is CC(=O)c1cc2c(cc1NC(=O)Cn1c(=O)n(-c3ccc(Cl)cc3)c(=O)c3sccc31)OCO2. The van der Waals surface area contributed by atoms with Crippen molar-refractivity contribution in [2.45, 2.75) is 13.5 Å². The monoisotopic (exact) mass is 497 g/mol. The molecule has 1 aliphatic rings. The highest BCUT2D eigenvalue weighted by Crippen LogP contribution is 2.37. The zero-order chi connectivity index (χ0) is 24.0. The largest absolute Gasteiger partial charge is 0.454 e. The van der Waals surface area contributed by atoms with Crippen molar-refractivity contribution in [2.24, 2.45) is 0 Å². The van der Waals surface area contributed by atoms with E-state index in [-0.39, 0.29) is 30.4 Å². The van der Waals surface area contributed by atoms with E-state index in [1.807, 2.05) is 0 Å². The average molecular weight is 498 g/mol. The van der Waals surface area contributed by atoms with Gasteiger partial charge in [-0.15, -0.1) is 11.3 Å². The van der Waals surface area contributed by atoms with Crippen molar-refractivity contribution < 1.29 is 19.1 Å². The van der Waals surface area contributed by atoms with Crippen molar-refractivity contribution in [1.29, 1.82) is 0 Å². The van der Waals surface area contributed by atoms with Crippen LogP contribution in [0.25, 0.3) is 15.9 Å². The molecule has 0 saturated carbocycles. The van der Waals surface area contributed by atoms with E-state index >= 15 is 0 Å². The summed E-state index contributed by atoms with van der Waals surface area (Å²) in [6.07, 6.45) is 0. The highest BCUT2D eigenvalue weighted by atomic mass is 35.5. The number of thiophene rings is 1. The molecule has 11 heteroatoms. The molecule has 172 valence electrons. The minimum absolute atomic E-state index is 0.0157. The molecule has 0 unspecified atom stereocenters. The molecule has 1 aliphatic heterocycles. The van der Waals surface area contributed by atoms with Crippen LogP contribution in [-0.2, 0) is 11.3 Å². The number of fused-ring (bicyclic) bond motifs is 2. The summed E-state index contributed by atoms with van der Waals surface area (Å²) < 4.78 is 13.2. The van der Waals surface area contributed by atoms with Gasteiger partial charge in [0.15, 0.2) is 17.3 Å². The van der Waals surface area contributed by atoms with Gasteiger partial charge in [-0.1, -0.05) is 11.6 Å². The molecule has 34 heavy (non-hydrogen) atoms. The number of aromatic nitrogens is 2. The second kappa shape index (κ2) is 8.47. The summed E-state index contributed by atoms with van der Waals surface area (Å²) in [7, 11) is 0. The third-order valence-corrected chi connectivity index (χ3v) is 6.45. The molecule has 5 rings (SSSR count). The molecule has 0 bridgehead atoms. The highest BCUT2D eigenvalue weighted by Gasteiger charge is 2.22. The zero-order valence-corrected chi connectivity index (χ0v) is 19.2. The fourth-order valence-corrected chi connectivity index (χ4v) is 4.68. The van der Waals surface area contributed by atoms with Gasteiger partial charge in [0.25, 0.3) is 5.56 Å². The van der Waals surface area contributed by atoms with Gasteiger partial charge in [0.2, 0.25) is 12.7 Å². The molecule has 2 aromatic heterocycles. The van der Waals surface area contributed by atoms with Gasteiger partial charge in [-0.3, -0.25) is 19.0 Å². The molecule has 0 radical (unpaired) electrons. The first kappa shape index (κ1) is 21.9. The van der Waals surface area contributed by atoms with E-state index in [4.69, 9.17) is 21.1 Å². The number of nitrogens with zero attached hydrogens (tertiary/aromatic N) is 2. The predicted octanol–water partition coefficient (Wildman–Crippen LogP) is 3.44. The molecule has 2 aromatic carbocycles. The van der Waals surface area contributed by atoms with E-state index in [9.17, 15) is 19.2 Å². The lowest BCUT2D eigenvalue weighted by atomic mass is 10.1. The first-order valence-corrected chi connectivity index (χ1v) is 11.3. The highest BCUT2D eigenvalue weighted by molar-refractivity contribution is 7.17. The van der Waals surface area contributed by atoms with Crippen LogP contribution < -0.4 is 26.0 Å². The Labute approximate surface area is 200 Å². The Kier molecular flexibility index (Phi) is 5.46. The number of hydrogen-bond acceptors (Lipinski definition) is 7. The lowest BCUT2D eigenvalue weighted by molar-refractivity contribution is -0.116. The second-order valence-corrected chi connectivity index (χ2v) is 8.83. The third-order valence-electron chi connectivity index (χ3n) is 5.31. The third kappa shape index (κ3) is 3.76. The number of amides is 1. The molecule has 4 aromatic rings. The van der Waals surface area contributed by atoms with Gasteiger partial charge in [-0.25, -0.2) is 9.36 Å². The first-order valence-electron chi connectivity index (χ1n) is 10.1. The number of anilines is 1. The summed E-state index contributed by atoms with van der Waals surface area (Å²) in [5, 5.41) is 4.81. The fraction of sp³-hybridized carbons (Fsp3) is 0.130. The topological polar surface area (TPSA) is 109 Å². The number of halogens is 1. The number of hydrogen-bond donors (Lipinski definition) is 1. The van der Waals surface area contributed by atoms with Crippen molar-refractivity contribution in [3.63, 3.8) is 0 Å². The Balaban J connectivity index is 1.55. The molecule has 1 N–H and O–H groups in total. The summed E-state index contributed by atoms with van der Waals surface area (Å²) in [5.41, 5.74) is 0.00458. The molecule has 0 saturated heterocycles. The first-order chi connectivity index (χ1) is 16.3. The Morgan fingerprint density at radius 3 is 2.50 bits per heavy atom. The number of carbonyl (C=O) groups excluding carboxylic acids is 2. The second-order valence-electron chi connectivity index (χ2n) is 7.48. The van der Waals surface area contributed by atoms with Crippen molar-refractivity contribution in [3.8, 4) is 17.2 Å². The van der Waals surface area contributed by atoms with E-state index < -0.39 is 17.2 Å². The Morgan fingerprint density at radius 2 is 1.79 bits per heavy atom. The van der Waals surface area contributed by atoms with E-state index in [2.05, 4.69) is 5.32 Å². The van der Waals surface area contributed by atoms with Crippen molar-refractivity contribution in [1.82, 2.24) is 9.13 Å². The molecule has 0 atom stereocenters. The fourth-order valence-electron chi connectivity index (χ4n) is 3.73. The molecule has 1 amide bonds. The number of ketones is 1. The van der Waals surface area contributed by atoms with Gasteiger partial charge < -0.3 is 14.8 Å². The van der Waals surface area contributed by atoms with Crippen molar-refractivity contribution in [3.05, 3.63) is 79.3 Å². The van der Waals surface area contributed by atoms with E-state index in [1.54, 1.807) is 35.7 Å². The number of carbonyl (C=O) groups is 2. The number of ether oxygens (including phenoxy) is 2. The van der Waals surface area contributed by atoms with E-state index in [0.29, 0.717) is 32.4 Å². The van der Waals surface area contributed by atoms with Crippen LogP contribution in [0.1, 0.15) is 17.3 Å². The van der Waals surface area contributed by atoms with E-state index in [1.165, 1.54) is 35.0 Å². The maximum Gasteiger partial charge on any atom is 0.336 e. The van der Waals surface area contributed by atoms with Gasteiger partial charge >= 0.3 is 5.69 Å². The van der Waals surface area contributed by atoms with Gasteiger partial charge in [-0.2, -0.15) is 0 Å². The number of Topliss-reactive ketones (excluding diaryl/α,β-unsaturated/α-hetero) is 1. The minimum Gasteiger partial charge on any atom is -0.454 e. The number of nitrogens with one attached hydrogen (secondary N) is 1. The Bertz CT molecular complexity index is 1590. The minimum atomic E-state index is -0.675. The number of benzene rings is 2. The number of rotatable bonds is 5. The zero-order valence-electron chi connectivity index (χ0n) is 17.7. The standard InChI is InChI=1S/C23H16ClN3O6S/c1-12(28)15-8-18-19(33-11-32-18)9-16(15)25-20(29)10-26-17-6-7-34-21(17)22(30)27(23(26)31)14-4-2-13(24)3-5-14/h2-9H,10-11H2,1H3,(H,25,29). The predicted molar refractivity (Wildman–Crippen MR) is 128 cm³/mol. The summed E-state index contributed by atoms with van der Waals surface area (Å²) in [6.45, 7) is 1.00. The molecular formula is C23H16ClN3O6S. The van der Waals surface area contributed by atoms with Crippen LogP contribution in [0.2, 0.25) is 5.02 Å². The van der Waals surface area contributed by atoms with Crippen LogP contribution in [0.3, 0.4) is 0 Å². The quantitative estimate of drug-likeness (QED) is 0.423. The van der Waals surface area contributed by atoms with Crippen molar-refractivity contribution in [2.75, 3.05) is 12.1 Å². The summed E-state index contributed by atoms with van der Waals surface area (Å²) in [6, 6.07) is 10.9. The maximum atomic E-state index is 13.3. The molecule has 0 fully saturated rings. The van der Waals surface area contributed by atoms with Crippen LogP contribution in [0.5, 0.6) is 11.5 Å². The van der Waals surface area contributed by atoms with Gasteiger partial charge in [-0.05, 0) is 48.7 Å². The smallest absolute Gasteiger partial charge is 0.336 e. The lowest BCUT2D eigenvalue weighted by Gasteiger charge is -2.14. The maximum absolute atomic E-state index is 13.3. The molecule has 0 aliphatic carbocycles. The van der Waals surface area contributed by atoms with Crippen LogP contribution in [-0.4, -0.2) is 27.6 Å². The molecule has 3 heterocycles. The van der Waals surface area contributed by atoms with Crippen molar-refractivity contribution >= 4 is 50.5 Å². The van der Waals surface area contributed by atoms with Crippen LogP contribution >= 0.6 is 22.9 Å². The Morgan fingerprint density at radius 1 is 1.09 bits per heavy atom. The van der Waals surface area contributed by atoms with Gasteiger partial charge in [0, 0.05) is 16.7 Å². The summed E-state index contributed by atoms with van der Waals surface area (Å²) in [5.74, 6) is -0.0250. The molecule has 0 spiro atoms. The lowest BCUT2D eigenvalue weighted by Crippen LogP contribution is -2.40. The van der Waals surface area contributed by atoms with Crippen LogP contribution in [0.15, 0.2) is 57.4 Å². The van der Waals surface area contributed by atoms with Crippen LogP contribution in [0, 0.1) is 0 Å².